The summed E-state index contributed by atoms with van der Waals surface area (Å²) < 4.78 is 11.7. The third-order valence-corrected chi connectivity index (χ3v) is 6.40. The molecule has 0 amide bonds. The van der Waals surface area contributed by atoms with Crippen molar-refractivity contribution >= 4 is 21.1 Å². The van der Waals surface area contributed by atoms with Crippen LogP contribution in [0.15, 0.2) is 30.3 Å². The Kier molecular flexibility index (Phi) is 3.82. The molecule has 1 aliphatic rings. The number of hydrogen-bond donors (Lipinski definition) is 0. The summed E-state index contributed by atoms with van der Waals surface area (Å²) >= 11 is 3.14. The Labute approximate surface area is 98.4 Å². The van der Waals surface area contributed by atoms with Crippen LogP contribution in [0.4, 0.5) is 0 Å². The van der Waals surface area contributed by atoms with E-state index in [0.717, 1.165) is 19.2 Å². The maximum absolute atomic E-state index is 5.91. The zero-order valence-electron chi connectivity index (χ0n) is 8.76. The van der Waals surface area contributed by atoms with Gasteiger partial charge in [0.25, 0.3) is 0 Å². The van der Waals surface area contributed by atoms with Crippen molar-refractivity contribution in [1.29, 1.82) is 0 Å². The Morgan fingerprint density at radius 3 is 2.80 bits per heavy atom. The monoisotopic (exact) mass is 290 g/mol. The molecule has 0 spiro atoms. The molecule has 0 radical (unpaired) electrons. The summed E-state index contributed by atoms with van der Waals surface area (Å²) in [5.41, 5.74) is 1.28. The summed E-state index contributed by atoms with van der Waals surface area (Å²) in [5, 5.41) is 0. The van der Waals surface area contributed by atoms with E-state index in [0.29, 0.717) is 6.10 Å². The SMILES string of the molecule is C[C@@H]1CCO[P@](=[Se])(Cc2ccccc2)O1. The fraction of sp³-hybridized carbons (Fsp3) is 0.455. The van der Waals surface area contributed by atoms with Gasteiger partial charge in [0, 0.05) is 0 Å². The molecule has 0 unspecified atom stereocenters. The zero-order valence-corrected chi connectivity index (χ0v) is 11.4. The average Bonchev–Trinajstić information content (AvgIpc) is 2.18. The Balaban J connectivity index is 2.07. The van der Waals surface area contributed by atoms with Gasteiger partial charge in [0.2, 0.25) is 0 Å². The molecular formula is C11H15O2PSe. The fourth-order valence-corrected chi connectivity index (χ4v) is 5.86. The summed E-state index contributed by atoms with van der Waals surface area (Å²) in [7, 11) is 0. The van der Waals surface area contributed by atoms with E-state index in [1.54, 1.807) is 0 Å². The van der Waals surface area contributed by atoms with E-state index in [2.05, 4.69) is 46.3 Å². The molecule has 0 N–H and O–H groups in total. The van der Waals surface area contributed by atoms with Gasteiger partial charge < -0.3 is 0 Å². The predicted octanol–water partition coefficient (Wildman–Crippen LogP) is 2.94. The van der Waals surface area contributed by atoms with Crippen molar-refractivity contribution in [2.24, 2.45) is 0 Å². The van der Waals surface area contributed by atoms with Crippen molar-refractivity contribution in [2.75, 3.05) is 6.61 Å². The van der Waals surface area contributed by atoms with E-state index < -0.39 is 5.96 Å². The molecular weight excluding hydrogens is 274 g/mol. The molecule has 1 heterocycles. The Bertz CT molecular complexity index is 366. The Morgan fingerprint density at radius 2 is 2.13 bits per heavy atom. The van der Waals surface area contributed by atoms with Crippen molar-refractivity contribution in [3.8, 4) is 0 Å². The predicted molar refractivity (Wildman–Crippen MR) is 63.9 cm³/mol. The second kappa shape index (κ2) is 4.95. The minimum absolute atomic E-state index is 0.317. The van der Waals surface area contributed by atoms with Gasteiger partial charge in [-0.05, 0) is 0 Å². The van der Waals surface area contributed by atoms with E-state index in [-0.39, 0.29) is 0 Å². The van der Waals surface area contributed by atoms with E-state index >= 15 is 0 Å². The topological polar surface area (TPSA) is 18.5 Å². The standard InChI is InChI=1S/C11H15O2PSe/c1-10-7-8-12-14(15,13-10)9-11-5-3-2-4-6-11/h2-6,10H,7-9H2,1H3/t10-,14-/m1/s1. The van der Waals surface area contributed by atoms with Crippen molar-refractivity contribution < 1.29 is 9.05 Å². The van der Waals surface area contributed by atoms with Crippen LogP contribution < -0.4 is 0 Å². The van der Waals surface area contributed by atoms with Crippen LogP contribution in [0.5, 0.6) is 0 Å². The number of rotatable bonds is 2. The molecule has 0 aliphatic carbocycles. The molecule has 15 heavy (non-hydrogen) atoms. The van der Waals surface area contributed by atoms with Gasteiger partial charge in [0.05, 0.1) is 0 Å². The third-order valence-electron chi connectivity index (χ3n) is 2.37. The van der Waals surface area contributed by atoms with Crippen LogP contribution in [0.2, 0.25) is 0 Å². The molecule has 82 valence electrons. The van der Waals surface area contributed by atoms with Gasteiger partial charge in [0.1, 0.15) is 0 Å². The first-order valence-electron chi connectivity index (χ1n) is 5.14. The molecule has 1 saturated heterocycles. The van der Waals surface area contributed by atoms with Crippen molar-refractivity contribution in [1.82, 2.24) is 0 Å². The normalized spacial score (nSPS) is 31.4. The van der Waals surface area contributed by atoms with Crippen LogP contribution in [0.25, 0.3) is 0 Å². The van der Waals surface area contributed by atoms with Crippen LogP contribution in [0, 0.1) is 0 Å². The van der Waals surface area contributed by atoms with Crippen molar-refractivity contribution in [3.05, 3.63) is 35.9 Å². The molecule has 1 aromatic carbocycles. The van der Waals surface area contributed by atoms with Crippen LogP contribution in [0.1, 0.15) is 18.9 Å². The molecule has 4 heteroatoms. The molecule has 2 atom stereocenters. The molecule has 0 aromatic heterocycles. The Hall–Kier alpha value is 0.0895. The molecule has 2 rings (SSSR count). The molecule has 1 fully saturated rings. The van der Waals surface area contributed by atoms with Crippen LogP contribution in [0.3, 0.4) is 0 Å². The second-order valence-electron chi connectivity index (χ2n) is 3.79. The molecule has 1 aromatic rings. The summed E-state index contributed by atoms with van der Waals surface area (Å²) in [6.07, 6.45) is 2.19. The zero-order chi connectivity index (χ0) is 10.7. The van der Waals surface area contributed by atoms with E-state index in [4.69, 9.17) is 9.05 Å². The molecule has 0 bridgehead atoms. The van der Waals surface area contributed by atoms with Gasteiger partial charge in [-0.15, -0.1) is 0 Å². The first kappa shape index (κ1) is 11.6. The van der Waals surface area contributed by atoms with Gasteiger partial charge in [-0.1, -0.05) is 0 Å². The molecule has 2 nitrogen and oxygen atoms in total. The van der Waals surface area contributed by atoms with E-state index in [1.807, 2.05) is 6.07 Å². The van der Waals surface area contributed by atoms with Crippen LogP contribution >= 0.6 is 5.96 Å². The number of benzene rings is 1. The van der Waals surface area contributed by atoms with E-state index in [9.17, 15) is 0 Å². The van der Waals surface area contributed by atoms with Gasteiger partial charge >= 0.3 is 98.2 Å². The summed E-state index contributed by atoms with van der Waals surface area (Å²) in [4.78, 5) is 0. The maximum atomic E-state index is 5.91. The number of hydrogen-bond acceptors (Lipinski definition) is 2. The molecule has 0 saturated carbocycles. The first-order chi connectivity index (χ1) is 7.18. The molecule has 1 aliphatic heterocycles. The summed E-state index contributed by atoms with van der Waals surface area (Å²) in [6.45, 7) is 2.92. The van der Waals surface area contributed by atoms with Crippen molar-refractivity contribution in [3.63, 3.8) is 0 Å². The summed E-state index contributed by atoms with van der Waals surface area (Å²) in [5.74, 6) is -1.77. The quantitative estimate of drug-likeness (QED) is 0.615. The van der Waals surface area contributed by atoms with Crippen LogP contribution in [-0.4, -0.2) is 27.8 Å². The Morgan fingerprint density at radius 1 is 1.40 bits per heavy atom. The van der Waals surface area contributed by atoms with Gasteiger partial charge in [-0.2, -0.15) is 0 Å². The van der Waals surface area contributed by atoms with Crippen LogP contribution in [-0.2, 0) is 15.2 Å². The van der Waals surface area contributed by atoms with Gasteiger partial charge in [-0.25, -0.2) is 0 Å². The van der Waals surface area contributed by atoms with E-state index in [1.165, 1.54) is 5.56 Å². The summed E-state index contributed by atoms with van der Waals surface area (Å²) in [6, 6.07) is 10.4. The fourth-order valence-electron chi connectivity index (χ4n) is 1.60. The van der Waals surface area contributed by atoms with Gasteiger partial charge in [0.15, 0.2) is 0 Å². The second-order valence-corrected chi connectivity index (χ2v) is 9.30. The van der Waals surface area contributed by atoms with Gasteiger partial charge in [-0.3, -0.25) is 0 Å². The first-order valence-corrected chi connectivity index (χ1v) is 9.16. The van der Waals surface area contributed by atoms with Crippen molar-refractivity contribution in [2.45, 2.75) is 25.6 Å². The third kappa shape index (κ3) is 3.27. The average molecular weight is 289 g/mol. The minimum atomic E-state index is -1.77.